The molecule has 0 saturated heterocycles. The predicted octanol–water partition coefficient (Wildman–Crippen LogP) is 7.68. The van der Waals surface area contributed by atoms with Gasteiger partial charge in [0.15, 0.2) is 0 Å². The van der Waals surface area contributed by atoms with Gasteiger partial charge in [0, 0.05) is 10.6 Å². The molecule has 3 nitrogen and oxygen atoms in total. The molecule has 1 aromatic carbocycles. The van der Waals surface area contributed by atoms with Gasteiger partial charge in [-0.05, 0) is 105 Å². The first-order valence-corrected chi connectivity index (χ1v) is 15.0. The van der Waals surface area contributed by atoms with E-state index in [9.17, 15) is 9.32 Å². The van der Waals surface area contributed by atoms with Crippen LogP contribution in [0.25, 0.3) is 0 Å². The molecule has 3 fully saturated rings. The van der Waals surface area contributed by atoms with E-state index in [-0.39, 0.29) is 6.10 Å². The van der Waals surface area contributed by atoms with E-state index >= 15 is 0 Å². The van der Waals surface area contributed by atoms with Gasteiger partial charge in [0.05, 0.1) is 15.8 Å². The minimum atomic E-state index is -2.69. The monoisotopic (exact) mass is 481 g/mol. The summed E-state index contributed by atoms with van der Waals surface area (Å²) in [7, 11) is -2.69. The number of aliphatic hydroxyl groups is 1. The fraction of sp³-hybridized carbons (Fsp3) is 0.600. The summed E-state index contributed by atoms with van der Waals surface area (Å²) in [6.45, 7) is 9.14. The molecule has 3 aliphatic carbocycles. The molecule has 34 heavy (non-hydrogen) atoms. The molecule has 2 N–H and O–H groups in total. The maximum absolute atomic E-state index is 12.9. The second kappa shape index (κ2) is 10.5. The van der Waals surface area contributed by atoms with Gasteiger partial charge < -0.3 is 5.11 Å². The van der Waals surface area contributed by atoms with E-state index in [1.54, 1.807) is 5.57 Å². The van der Waals surface area contributed by atoms with Crippen LogP contribution in [0.1, 0.15) is 78.1 Å². The minimum Gasteiger partial charge on any atom is -0.393 e. The summed E-state index contributed by atoms with van der Waals surface area (Å²) in [5, 5.41) is 10.1. The molecule has 3 saturated carbocycles. The van der Waals surface area contributed by atoms with Crippen molar-refractivity contribution in [1.29, 1.82) is 4.78 Å². The standard InChI is InChI=1S/C30H43NO2S/c1-22-13-16-26(32)21-25(22)15-14-24-10-7-19-30(3)28(17-18-29(24)30)23(2)9-8-20-34(31,33)27-11-5-4-6-12-27/h4-6,11-12,14-15,23,26,28-29,31-32H,1,7-10,13,16-21H2,2-3H3/b24-14+,25-15-/t23-,26?,28?,29-,30+,34?/m0/s1. The third kappa shape index (κ3) is 5.44. The molecule has 0 heterocycles. The number of fused-ring (bicyclic) bond motifs is 1. The molecule has 3 unspecified atom stereocenters. The highest BCUT2D eigenvalue weighted by Crippen LogP contribution is 2.59. The van der Waals surface area contributed by atoms with Crippen LogP contribution in [0, 0.1) is 27.9 Å². The maximum Gasteiger partial charge on any atom is 0.0726 e. The Morgan fingerprint density at radius 1 is 1.21 bits per heavy atom. The molecule has 0 spiro atoms. The topological polar surface area (TPSA) is 61.1 Å². The van der Waals surface area contributed by atoms with Crippen LogP contribution in [0.5, 0.6) is 0 Å². The summed E-state index contributed by atoms with van der Waals surface area (Å²) in [6.07, 6.45) is 15.1. The molecular weight excluding hydrogens is 438 g/mol. The molecule has 0 bridgehead atoms. The van der Waals surface area contributed by atoms with Crippen molar-refractivity contribution in [2.45, 2.75) is 89.1 Å². The van der Waals surface area contributed by atoms with Gasteiger partial charge in [-0.3, -0.25) is 0 Å². The maximum atomic E-state index is 12.9. The Labute approximate surface area is 207 Å². The number of rotatable bonds is 7. The van der Waals surface area contributed by atoms with E-state index in [0.29, 0.717) is 33.8 Å². The molecule has 186 valence electrons. The normalized spacial score (nSPS) is 34.7. The number of benzene rings is 1. The molecule has 4 heteroatoms. The van der Waals surface area contributed by atoms with Gasteiger partial charge in [-0.1, -0.05) is 61.9 Å². The van der Waals surface area contributed by atoms with E-state index in [1.165, 1.54) is 43.3 Å². The lowest BCUT2D eigenvalue weighted by Gasteiger charge is -2.44. The Kier molecular flexibility index (Phi) is 7.89. The summed E-state index contributed by atoms with van der Waals surface area (Å²) in [4.78, 5) is 0.667. The fourth-order valence-corrected chi connectivity index (χ4v) is 8.58. The highest BCUT2D eigenvalue weighted by Gasteiger charge is 2.50. The van der Waals surface area contributed by atoms with E-state index in [0.717, 1.165) is 32.1 Å². The van der Waals surface area contributed by atoms with Crippen molar-refractivity contribution in [3.63, 3.8) is 0 Å². The SMILES string of the molecule is C=C1CCC(O)C/C1=C/C=C1\CCC[C@]2(C)C([C@@H](C)CCCS(=N)(=O)c3ccccc3)CC[C@@H]12. The summed E-state index contributed by atoms with van der Waals surface area (Å²) in [5.41, 5.74) is 4.37. The van der Waals surface area contributed by atoms with Crippen LogP contribution in [-0.4, -0.2) is 21.2 Å². The van der Waals surface area contributed by atoms with Crippen LogP contribution >= 0.6 is 0 Å². The molecule has 6 atom stereocenters. The van der Waals surface area contributed by atoms with Crippen molar-refractivity contribution in [1.82, 2.24) is 0 Å². The van der Waals surface area contributed by atoms with Crippen molar-refractivity contribution in [2.75, 3.05) is 5.75 Å². The lowest BCUT2D eigenvalue weighted by atomic mass is 9.61. The van der Waals surface area contributed by atoms with Crippen molar-refractivity contribution in [2.24, 2.45) is 23.2 Å². The van der Waals surface area contributed by atoms with Crippen LogP contribution < -0.4 is 0 Å². The van der Waals surface area contributed by atoms with Crippen LogP contribution in [0.2, 0.25) is 0 Å². The predicted molar refractivity (Wildman–Crippen MR) is 142 cm³/mol. The second-order valence-corrected chi connectivity index (χ2v) is 13.6. The average molecular weight is 482 g/mol. The molecule has 1 aromatic rings. The van der Waals surface area contributed by atoms with Crippen molar-refractivity contribution in [3.05, 3.63) is 65.8 Å². The second-order valence-electron chi connectivity index (χ2n) is 11.3. The molecule has 0 aliphatic heterocycles. The Morgan fingerprint density at radius 2 is 1.97 bits per heavy atom. The van der Waals surface area contributed by atoms with E-state index in [1.807, 2.05) is 30.3 Å². The smallest absolute Gasteiger partial charge is 0.0726 e. The van der Waals surface area contributed by atoms with E-state index in [2.05, 4.69) is 32.6 Å². The highest BCUT2D eigenvalue weighted by molar-refractivity contribution is 7.92. The van der Waals surface area contributed by atoms with Crippen molar-refractivity contribution in [3.8, 4) is 0 Å². The first-order chi connectivity index (χ1) is 16.2. The van der Waals surface area contributed by atoms with Crippen LogP contribution in [0.3, 0.4) is 0 Å². The Morgan fingerprint density at radius 3 is 2.74 bits per heavy atom. The van der Waals surface area contributed by atoms with Gasteiger partial charge in [0.2, 0.25) is 0 Å². The van der Waals surface area contributed by atoms with E-state index < -0.39 is 9.73 Å². The number of nitrogens with one attached hydrogen (secondary N) is 1. The number of allylic oxidation sites excluding steroid dienone is 4. The fourth-order valence-electron chi connectivity index (χ4n) is 7.18. The summed E-state index contributed by atoms with van der Waals surface area (Å²) in [6, 6.07) is 9.33. The summed E-state index contributed by atoms with van der Waals surface area (Å²) in [5.74, 6) is 2.39. The van der Waals surface area contributed by atoms with Crippen molar-refractivity contribution < 1.29 is 9.32 Å². The van der Waals surface area contributed by atoms with Crippen LogP contribution in [0.15, 0.2) is 70.7 Å². The zero-order valence-electron chi connectivity index (χ0n) is 21.1. The average Bonchev–Trinajstić information content (AvgIpc) is 3.17. The summed E-state index contributed by atoms with van der Waals surface area (Å²) >= 11 is 0. The molecule has 0 radical (unpaired) electrons. The first kappa shape index (κ1) is 25.4. The van der Waals surface area contributed by atoms with Crippen LogP contribution in [0.4, 0.5) is 0 Å². The van der Waals surface area contributed by atoms with Gasteiger partial charge in [-0.25, -0.2) is 8.99 Å². The highest BCUT2D eigenvalue weighted by atomic mass is 32.2. The van der Waals surface area contributed by atoms with E-state index in [4.69, 9.17) is 4.78 Å². The molecular formula is C30H43NO2S. The molecule has 0 amide bonds. The largest absolute Gasteiger partial charge is 0.393 e. The third-order valence-electron chi connectivity index (χ3n) is 9.13. The zero-order valence-corrected chi connectivity index (χ0v) is 21.9. The number of hydrogen-bond acceptors (Lipinski definition) is 3. The Bertz CT molecular complexity index is 1040. The van der Waals surface area contributed by atoms with Crippen LogP contribution in [-0.2, 0) is 9.73 Å². The minimum absolute atomic E-state index is 0.219. The number of aliphatic hydroxyl groups excluding tert-OH is 1. The van der Waals surface area contributed by atoms with Gasteiger partial charge >= 0.3 is 0 Å². The Balaban J connectivity index is 1.40. The molecule has 0 aromatic heterocycles. The first-order valence-electron chi connectivity index (χ1n) is 13.3. The van der Waals surface area contributed by atoms with Gasteiger partial charge in [-0.15, -0.1) is 0 Å². The third-order valence-corrected chi connectivity index (χ3v) is 11.0. The molecule has 4 rings (SSSR count). The van der Waals surface area contributed by atoms with Gasteiger partial charge in [0.25, 0.3) is 0 Å². The van der Waals surface area contributed by atoms with Crippen molar-refractivity contribution >= 4 is 9.73 Å². The zero-order chi connectivity index (χ0) is 24.3. The quantitative estimate of drug-likeness (QED) is 0.419. The lowest BCUT2D eigenvalue weighted by molar-refractivity contribution is 0.0941. The summed E-state index contributed by atoms with van der Waals surface area (Å²) < 4.78 is 21.3. The Hall–Kier alpha value is -1.65. The molecule has 3 aliphatic rings. The van der Waals surface area contributed by atoms with Gasteiger partial charge in [0.1, 0.15) is 0 Å². The van der Waals surface area contributed by atoms with Gasteiger partial charge in [-0.2, -0.15) is 0 Å². The lowest BCUT2D eigenvalue weighted by Crippen LogP contribution is -2.36. The number of hydrogen-bond donors (Lipinski definition) is 2.